The molecular weight excluding hydrogens is 603 g/mol. The fourth-order valence-corrected chi connectivity index (χ4v) is 5.61. The number of carbonyl (C=O) groups excluding carboxylic acids is 2. The van der Waals surface area contributed by atoms with Crippen LogP contribution in [0.4, 0.5) is 4.39 Å². The lowest BCUT2D eigenvalue weighted by Crippen LogP contribution is -2.43. The number of hydrogen-bond acceptors (Lipinski definition) is 8. The third kappa shape index (κ3) is 6.01. The summed E-state index contributed by atoms with van der Waals surface area (Å²) in [6.45, 7) is 3.38. The summed E-state index contributed by atoms with van der Waals surface area (Å²) >= 11 is 0. The van der Waals surface area contributed by atoms with Crippen molar-refractivity contribution in [1.82, 2.24) is 20.6 Å². The third-order valence-electron chi connectivity index (χ3n) is 8.62. The Kier molecular flexibility index (Phi) is 7.63. The zero-order valence-corrected chi connectivity index (χ0v) is 25.9. The highest BCUT2D eigenvalue weighted by molar-refractivity contribution is 6.00. The number of nitrogens with zero attached hydrogens (tertiary/aromatic N) is 2. The molecule has 0 saturated heterocycles. The average Bonchev–Trinajstić information content (AvgIpc) is 3.60. The van der Waals surface area contributed by atoms with E-state index in [1.165, 1.54) is 25.3 Å². The molecule has 2 aliphatic rings. The molecule has 240 valence electrons. The van der Waals surface area contributed by atoms with Gasteiger partial charge in [0.05, 0.1) is 30.9 Å². The van der Waals surface area contributed by atoms with Gasteiger partial charge in [-0.1, -0.05) is 6.07 Å². The van der Waals surface area contributed by atoms with Crippen molar-refractivity contribution >= 4 is 22.7 Å². The largest absolute Gasteiger partial charge is 0.489 e. The number of aromatic nitrogens is 2. The molecule has 11 heteroatoms. The highest BCUT2D eigenvalue weighted by atomic mass is 19.1. The van der Waals surface area contributed by atoms with E-state index in [1.807, 2.05) is 6.07 Å². The first kappa shape index (κ1) is 30.4. The molecule has 1 aliphatic carbocycles. The highest BCUT2D eigenvalue weighted by Crippen LogP contribution is 2.46. The summed E-state index contributed by atoms with van der Waals surface area (Å²) in [5.74, 6) is -0.215. The number of ether oxygens (including phenoxy) is 2. The summed E-state index contributed by atoms with van der Waals surface area (Å²) < 4.78 is 31.1. The predicted molar refractivity (Wildman–Crippen MR) is 170 cm³/mol. The normalized spacial score (nSPS) is 18.2. The van der Waals surface area contributed by atoms with Crippen molar-refractivity contribution in [2.75, 3.05) is 13.2 Å². The standard InChI is InChI=1S/C36H33FN4O6/c1-35(34(43)39-17-21-11-13-45-18-21)20-46-32-27(35)16-29(41-31(32)22-5-7-25(37)8-6-22)36(2,44)19-40-33(42)24-14-23-4-3-12-38-30(23)28(15-24)47-26-9-10-26/h3-8,11-16,18,26,44H,9-10,17,19-20H2,1-2H3,(H,39,43)(H,40,42)/t35-,36-/m0/s1. The van der Waals surface area contributed by atoms with Gasteiger partial charge in [0, 0.05) is 40.4 Å². The van der Waals surface area contributed by atoms with Crippen LogP contribution in [0.5, 0.6) is 11.5 Å². The van der Waals surface area contributed by atoms with Crippen LogP contribution in [0, 0.1) is 5.82 Å². The van der Waals surface area contributed by atoms with Gasteiger partial charge in [0.2, 0.25) is 5.91 Å². The number of nitrogens with one attached hydrogen (secondary N) is 2. The Hall–Kier alpha value is -5.29. The zero-order valence-electron chi connectivity index (χ0n) is 25.9. The van der Waals surface area contributed by atoms with Crippen LogP contribution in [-0.2, 0) is 22.4 Å². The number of rotatable bonds is 10. The number of hydrogen-bond donors (Lipinski definition) is 3. The van der Waals surface area contributed by atoms with Crippen LogP contribution < -0.4 is 20.1 Å². The number of aliphatic hydroxyl groups is 1. The highest BCUT2D eigenvalue weighted by Gasteiger charge is 2.46. The maximum absolute atomic E-state index is 13.9. The van der Waals surface area contributed by atoms with Crippen molar-refractivity contribution in [3.05, 3.63) is 108 Å². The van der Waals surface area contributed by atoms with Crippen molar-refractivity contribution in [1.29, 1.82) is 0 Å². The summed E-state index contributed by atoms with van der Waals surface area (Å²) in [6.07, 6.45) is 6.79. The molecule has 0 unspecified atom stereocenters. The summed E-state index contributed by atoms with van der Waals surface area (Å²) in [6, 6.07) is 16.2. The Labute approximate surface area is 269 Å². The van der Waals surface area contributed by atoms with Gasteiger partial charge in [0.25, 0.3) is 5.91 Å². The van der Waals surface area contributed by atoms with E-state index in [0.717, 1.165) is 23.8 Å². The molecule has 0 radical (unpaired) electrons. The summed E-state index contributed by atoms with van der Waals surface area (Å²) in [5, 5.41) is 18.3. The van der Waals surface area contributed by atoms with Crippen LogP contribution in [0.25, 0.3) is 22.2 Å². The second-order valence-corrected chi connectivity index (χ2v) is 12.5. The number of benzene rings is 2. The number of halogens is 1. The van der Waals surface area contributed by atoms with Crippen LogP contribution in [0.3, 0.4) is 0 Å². The van der Waals surface area contributed by atoms with Crippen molar-refractivity contribution < 1.29 is 33.0 Å². The van der Waals surface area contributed by atoms with Crippen LogP contribution in [-0.4, -0.2) is 46.1 Å². The Morgan fingerprint density at radius 2 is 1.94 bits per heavy atom. The average molecular weight is 637 g/mol. The molecule has 0 spiro atoms. The quantitative estimate of drug-likeness (QED) is 0.191. The minimum Gasteiger partial charge on any atom is -0.489 e. The van der Waals surface area contributed by atoms with E-state index in [4.69, 9.17) is 18.9 Å². The first-order valence-electron chi connectivity index (χ1n) is 15.4. The molecule has 2 amide bonds. The molecule has 10 nitrogen and oxygen atoms in total. The molecule has 1 fully saturated rings. The molecule has 4 heterocycles. The fourth-order valence-electron chi connectivity index (χ4n) is 5.61. The second kappa shape index (κ2) is 11.8. The number of carbonyl (C=O) groups is 2. The van der Waals surface area contributed by atoms with E-state index in [1.54, 1.807) is 61.8 Å². The van der Waals surface area contributed by atoms with Crippen LogP contribution in [0.2, 0.25) is 0 Å². The van der Waals surface area contributed by atoms with Crippen LogP contribution >= 0.6 is 0 Å². The van der Waals surface area contributed by atoms with E-state index in [-0.39, 0.29) is 37.4 Å². The van der Waals surface area contributed by atoms with Gasteiger partial charge in [-0.2, -0.15) is 0 Å². The summed E-state index contributed by atoms with van der Waals surface area (Å²) in [5.41, 5.74) is 0.636. The van der Waals surface area contributed by atoms with Gasteiger partial charge in [-0.15, -0.1) is 0 Å². The van der Waals surface area contributed by atoms with Crippen molar-refractivity contribution in [3.8, 4) is 22.8 Å². The van der Waals surface area contributed by atoms with Crippen molar-refractivity contribution in [2.45, 2.75) is 50.4 Å². The first-order chi connectivity index (χ1) is 22.6. The van der Waals surface area contributed by atoms with Gasteiger partial charge < -0.3 is 29.6 Å². The molecule has 1 aliphatic heterocycles. The topological polar surface area (TPSA) is 136 Å². The number of fused-ring (bicyclic) bond motifs is 2. The number of pyridine rings is 2. The molecule has 2 aromatic carbocycles. The lowest BCUT2D eigenvalue weighted by Gasteiger charge is -2.27. The van der Waals surface area contributed by atoms with Gasteiger partial charge in [0.1, 0.15) is 46.1 Å². The lowest BCUT2D eigenvalue weighted by molar-refractivity contribution is -0.126. The Bertz CT molecular complexity index is 1970. The molecule has 5 aromatic rings. The molecule has 3 N–H and O–H groups in total. The number of furan rings is 1. The van der Waals surface area contributed by atoms with E-state index in [0.29, 0.717) is 39.4 Å². The summed E-state index contributed by atoms with van der Waals surface area (Å²) in [4.78, 5) is 36.3. The van der Waals surface area contributed by atoms with Crippen LogP contribution in [0.1, 0.15) is 53.9 Å². The lowest BCUT2D eigenvalue weighted by atomic mass is 9.81. The van der Waals surface area contributed by atoms with Crippen molar-refractivity contribution in [2.24, 2.45) is 0 Å². The third-order valence-corrected chi connectivity index (χ3v) is 8.62. The van der Waals surface area contributed by atoms with Gasteiger partial charge in [-0.3, -0.25) is 14.6 Å². The van der Waals surface area contributed by atoms with Crippen LogP contribution in [0.15, 0.2) is 83.8 Å². The molecule has 47 heavy (non-hydrogen) atoms. The summed E-state index contributed by atoms with van der Waals surface area (Å²) in [7, 11) is 0. The van der Waals surface area contributed by atoms with E-state index in [2.05, 4.69) is 15.6 Å². The predicted octanol–water partition coefficient (Wildman–Crippen LogP) is 5.17. The molecule has 3 aromatic heterocycles. The minimum absolute atomic E-state index is 0.0276. The minimum atomic E-state index is -1.68. The maximum atomic E-state index is 13.9. The van der Waals surface area contributed by atoms with Gasteiger partial charge in [-0.05, 0) is 81.3 Å². The molecule has 2 atom stereocenters. The van der Waals surface area contributed by atoms with E-state index in [9.17, 15) is 19.1 Å². The molecule has 1 saturated carbocycles. The smallest absolute Gasteiger partial charge is 0.251 e. The maximum Gasteiger partial charge on any atom is 0.251 e. The second-order valence-electron chi connectivity index (χ2n) is 12.5. The Morgan fingerprint density at radius 1 is 1.13 bits per heavy atom. The van der Waals surface area contributed by atoms with Gasteiger partial charge in [0.15, 0.2) is 0 Å². The molecule has 0 bridgehead atoms. The van der Waals surface area contributed by atoms with Crippen molar-refractivity contribution in [3.63, 3.8) is 0 Å². The Morgan fingerprint density at radius 3 is 2.68 bits per heavy atom. The Balaban J connectivity index is 1.19. The number of amides is 2. The zero-order chi connectivity index (χ0) is 32.8. The van der Waals surface area contributed by atoms with Gasteiger partial charge in [-0.25, -0.2) is 9.37 Å². The SMILES string of the molecule is C[C@](O)(CNC(=O)c1cc(OC2CC2)c2ncccc2c1)c1cc2c(c(-c3ccc(F)cc3)n1)OC[C@]2(C)C(=O)NCc1ccoc1. The molecular formula is C36H33FN4O6. The monoisotopic (exact) mass is 636 g/mol. The van der Waals surface area contributed by atoms with E-state index >= 15 is 0 Å². The molecule has 7 rings (SSSR count). The van der Waals surface area contributed by atoms with Gasteiger partial charge >= 0.3 is 0 Å². The fraction of sp³-hybridized carbons (Fsp3) is 0.278. The van der Waals surface area contributed by atoms with E-state index < -0.39 is 22.7 Å². The first-order valence-corrected chi connectivity index (χ1v) is 15.4.